The molecule has 4 saturated carbocycles. The molecule has 2 amide bonds. The highest BCUT2D eigenvalue weighted by atomic mass is 16.5. The van der Waals surface area contributed by atoms with Crippen molar-refractivity contribution in [3.63, 3.8) is 0 Å². The van der Waals surface area contributed by atoms with Crippen LogP contribution in [0.15, 0.2) is 18.2 Å². The number of nitrogens with zero attached hydrogens (tertiary/aromatic N) is 3. The molecular formula is C31H46N4O2. The standard InChI is InChI=1S/C31H46N4O2/c1-30(2)20-25-6-5-7-26(28(25)37-30)34-12-10-33(11-13-34)8-3-4-9-35-27(21-32-29(35)36)31-17-22-14-23(18-31)16-24(15-22)19-31/h5-7,22-24,27H,3-4,8-21H2,1-2H3,(H,32,36). The van der Waals surface area contributed by atoms with E-state index >= 15 is 0 Å². The summed E-state index contributed by atoms with van der Waals surface area (Å²) in [6.07, 6.45) is 11.8. The van der Waals surface area contributed by atoms with Crippen LogP contribution in [0.5, 0.6) is 5.75 Å². The Kier molecular flexibility index (Phi) is 5.91. The Labute approximate surface area is 223 Å². The number of carbonyl (C=O) groups excluding carboxylic acids is 1. The van der Waals surface area contributed by atoms with E-state index in [4.69, 9.17) is 4.74 Å². The maximum atomic E-state index is 12.9. The Balaban J connectivity index is 0.898. The first kappa shape index (κ1) is 24.1. The molecule has 0 spiro atoms. The minimum absolute atomic E-state index is 0.0960. The van der Waals surface area contributed by atoms with Gasteiger partial charge in [0.15, 0.2) is 0 Å². The maximum Gasteiger partial charge on any atom is 0.317 e. The molecule has 37 heavy (non-hydrogen) atoms. The second-order valence-electron chi connectivity index (χ2n) is 14.0. The normalized spacial score (nSPS) is 36.1. The summed E-state index contributed by atoms with van der Waals surface area (Å²) < 4.78 is 6.34. The molecule has 6 fully saturated rings. The molecule has 4 bridgehead atoms. The molecule has 7 aliphatic rings. The van der Waals surface area contributed by atoms with Gasteiger partial charge in [-0.15, -0.1) is 0 Å². The minimum atomic E-state index is -0.0960. The van der Waals surface area contributed by atoms with Gasteiger partial charge in [0, 0.05) is 51.3 Å². The largest absolute Gasteiger partial charge is 0.485 e. The van der Waals surface area contributed by atoms with Crippen LogP contribution in [0.1, 0.15) is 70.8 Å². The number of nitrogens with one attached hydrogen (secondary N) is 1. The van der Waals surface area contributed by atoms with Crippen LogP contribution in [0.4, 0.5) is 10.5 Å². The van der Waals surface area contributed by atoms with Crippen LogP contribution in [0.25, 0.3) is 0 Å². The van der Waals surface area contributed by atoms with E-state index in [2.05, 4.69) is 52.1 Å². The van der Waals surface area contributed by atoms with Gasteiger partial charge >= 0.3 is 6.03 Å². The SMILES string of the molecule is CC1(C)Cc2cccc(N3CCN(CCCCN4C(=O)NCC4C45CC6CC(CC(C6)C4)C5)CC3)c2O1. The Bertz CT molecular complexity index is 995. The third-order valence-corrected chi connectivity index (χ3v) is 10.8. The molecule has 3 heterocycles. The van der Waals surface area contributed by atoms with E-state index in [1.165, 1.54) is 56.2 Å². The second-order valence-corrected chi connectivity index (χ2v) is 14.0. The summed E-state index contributed by atoms with van der Waals surface area (Å²) >= 11 is 0. The van der Waals surface area contributed by atoms with Crippen molar-refractivity contribution in [2.75, 3.05) is 50.7 Å². The average molecular weight is 507 g/mol. The van der Waals surface area contributed by atoms with E-state index in [9.17, 15) is 4.79 Å². The lowest BCUT2D eigenvalue weighted by molar-refractivity contribution is -0.0857. The summed E-state index contributed by atoms with van der Waals surface area (Å²) in [5.74, 6) is 3.94. The van der Waals surface area contributed by atoms with E-state index in [0.29, 0.717) is 11.5 Å². The number of fused-ring (bicyclic) bond motifs is 1. The van der Waals surface area contributed by atoms with Gasteiger partial charge in [0.2, 0.25) is 0 Å². The average Bonchev–Trinajstić information content (AvgIpc) is 3.39. The number of hydrogen-bond donors (Lipinski definition) is 1. The molecule has 1 aromatic rings. The zero-order valence-corrected chi connectivity index (χ0v) is 23.0. The predicted octanol–water partition coefficient (Wildman–Crippen LogP) is 4.91. The molecule has 1 N–H and O–H groups in total. The first-order valence-electron chi connectivity index (χ1n) is 15.2. The zero-order valence-electron chi connectivity index (χ0n) is 23.0. The van der Waals surface area contributed by atoms with Gasteiger partial charge in [0.25, 0.3) is 0 Å². The highest BCUT2D eigenvalue weighted by Crippen LogP contribution is 2.62. The third kappa shape index (κ3) is 4.41. The summed E-state index contributed by atoms with van der Waals surface area (Å²) in [7, 11) is 0. The highest BCUT2D eigenvalue weighted by Gasteiger charge is 2.57. The summed E-state index contributed by atoms with van der Waals surface area (Å²) in [6.45, 7) is 11.7. The first-order valence-corrected chi connectivity index (χ1v) is 15.2. The summed E-state index contributed by atoms with van der Waals surface area (Å²) in [5, 5.41) is 3.24. The fourth-order valence-electron chi connectivity index (χ4n) is 9.61. The minimum Gasteiger partial charge on any atom is -0.485 e. The van der Waals surface area contributed by atoms with E-state index in [0.717, 1.165) is 82.2 Å². The zero-order chi connectivity index (χ0) is 25.2. The van der Waals surface area contributed by atoms with E-state index in [1.807, 2.05) is 0 Å². The Morgan fingerprint density at radius 1 is 0.946 bits per heavy atom. The molecule has 1 atom stereocenters. The molecule has 6 nitrogen and oxygen atoms in total. The molecule has 1 aromatic carbocycles. The van der Waals surface area contributed by atoms with Crippen LogP contribution >= 0.6 is 0 Å². The summed E-state index contributed by atoms with van der Waals surface area (Å²) in [5.41, 5.74) is 2.95. The molecule has 0 radical (unpaired) electrons. The van der Waals surface area contributed by atoms with Crippen LogP contribution in [0, 0.1) is 23.2 Å². The lowest BCUT2D eigenvalue weighted by atomic mass is 9.47. The van der Waals surface area contributed by atoms with Gasteiger partial charge < -0.3 is 19.9 Å². The quantitative estimate of drug-likeness (QED) is 0.534. The Morgan fingerprint density at radius 3 is 2.32 bits per heavy atom. The van der Waals surface area contributed by atoms with Gasteiger partial charge in [0.05, 0.1) is 11.7 Å². The first-order chi connectivity index (χ1) is 17.9. The highest BCUT2D eigenvalue weighted by molar-refractivity contribution is 5.77. The van der Waals surface area contributed by atoms with Gasteiger partial charge in [-0.05, 0) is 101 Å². The third-order valence-electron chi connectivity index (χ3n) is 10.8. The molecule has 4 aliphatic carbocycles. The van der Waals surface area contributed by atoms with Crippen LogP contribution in [0.2, 0.25) is 0 Å². The van der Waals surface area contributed by atoms with Gasteiger partial charge in [-0.1, -0.05) is 12.1 Å². The fourth-order valence-corrected chi connectivity index (χ4v) is 9.61. The number of carbonyl (C=O) groups is 1. The number of hydrogen-bond acceptors (Lipinski definition) is 4. The number of rotatable bonds is 7. The topological polar surface area (TPSA) is 48.0 Å². The van der Waals surface area contributed by atoms with Crippen molar-refractivity contribution in [3.8, 4) is 5.75 Å². The van der Waals surface area contributed by atoms with Crippen molar-refractivity contribution in [3.05, 3.63) is 23.8 Å². The van der Waals surface area contributed by atoms with Crippen LogP contribution < -0.4 is 15.0 Å². The maximum absolute atomic E-state index is 12.9. The monoisotopic (exact) mass is 506 g/mol. The van der Waals surface area contributed by atoms with Crippen LogP contribution in [-0.4, -0.2) is 73.3 Å². The predicted molar refractivity (Wildman–Crippen MR) is 147 cm³/mol. The van der Waals surface area contributed by atoms with Crippen LogP contribution in [-0.2, 0) is 6.42 Å². The number of anilines is 1. The van der Waals surface area contributed by atoms with Crippen molar-refractivity contribution in [1.29, 1.82) is 0 Å². The lowest BCUT2D eigenvalue weighted by Crippen LogP contribution is -2.56. The van der Waals surface area contributed by atoms with Crippen LogP contribution in [0.3, 0.4) is 0 Å². The van der Waals surface area contributed by atoms with Crippen molar-refractivity contribution in [2.24, 2.45) is 23.2 Å². The molecule has 2 saturated heterocycles. The van der Waals surface area contributed by atoms with Crippen molar-refractivity contribution >= 4 is 11.7 Å². The van der Waals surface area contributed by atoms with Crippen molar-refractivity contribution in [1.82, 2.24) is 15.1 Å². The molecular weight excluding hydrogens is 460 g/mol. The van der Waals surface area contributed by atoms with Gasteiger partial charge in [-0.3, -0.25) is 4.90 Å². The number of amides is 2. The molecule has 3 aliphatic heterocycles. The number of urea groups is 1. The lowest BCUT2D eigenvalue weighted by Gasteiger charge is -2.59. The molecule has 0 aromatic heterocycles. The number of benzene rings is 1. The molecule has 202 valence electrons. The number of piperazine rings is 1. The molecule has 6 heteroatoms. The molecule has 1 unspecified atom stereocenters. The smallest absolute Gasteiger partial charge is 0.317 e. The van der Waals surface area contributed by atoms with Crippen molar-refractivity contribution in [2.45, 2.75) is 83.3 Å². The van der Waals surface area contributed by atoms with E-state index in [-0.39, 0.29) is 11.6 Å². The van der Waals surface area contributed by atoms with Gasteiger partial charge in [-0.2, -0.15) is 0 Å². The Hall–Kier alpha value is -1.95. The van der Waals surface area contributed by atoms with Gasteiger partial charge in [0.1, 0.15) is 11.4 Å². The summed E-state index contributed by atoms with van der Waals surface area (Å²) in [6, 6.07) is 7.29. The van der Waals surface area contributed by atoms with Crippen molar-refractivity contribution < 1.29 is 9.53 Å². The number of para-hydroxylation sites is 1. The van der Waals surface area contributed by atoms with E-state index in [1.54, 1.807) is 0 Å². The number of unbranched alkanes of at least 4 members (excludes halogenated alkanes) is 1. The fraction of sp³-hybridized carbons (Fsp3) is 0.774. The molecule has 8 rings (SSSR count). The summed E-state index contributed by atoms with van der Waals surface area (Å²) in [4.78, 5) is 20.3. The Morgan fingerprint density at radius 2 is 1.62 bits per heavy atom. The van der Waals surface area contributed by atoms with E-state index < -0.39 is 0 Å². The van der Waals surface area contributed by atoms with Gasteiger partial charge in [-0.25, -0.2) is 4.79 Å². The second kappa shape index (κ2) is 9.07. The number of ether oxygens (including phenoxy) is 1.